The summed E-state index contributed by atoms with van der Waals surface area (Å²) in [6.07, 6.45) is 2.59. The first-order valence-corrected chi connectivity index (χ1v) is 11.4. The van der Waals surface area contributed by atoms with Gasteiger partial charge in [-0.05, 0) is 37.1 Å². The Morgan fingerprint density at radius 1 is 0.778 bits per heavy atom. The summed E-state index contributed by atoms with van der Waals surface area (Å²) < 4.78 is 18.5. The van der Waals surface area contributed by atoms with Gasteiger partial charge >= 0.3 is 14.5 Å². The van der Waals surface area contributed by atoms with Crippen molar-refractivity contribution in [3.8, 4) is 0 Å². The molecule has 2 aromatic rings. The topological polar surface area (TPSA) is 44.8 Å². The van der Waals surface area contributed by atoms with Crippen molar-refractivity contribution < 1.29 is 18.4 Å². The van der Waals surface area contributed by atoms with Gasteiger partial charge in [0.05, 0.1) is 12.0 Å². The van der Waals surface area contributed by atoms with E-state index in [1.807, 2.05) is 50.2 Å². The maximum atomic E-state index is 12.4. The number of hydrogen-bond acceptors (Lipinski definition) is 4. The lowest BCUT2D eigenvalue weighted by molar-refractivity contribution is -0.155. The molecular weight excluding hydrogens is 356 g/mol. The molecule has 0 N–H and O–H groups in total. The van der Waals surface area contributed by atoms with Gasteiger partial charge in [0.25, 0.3) is 0 Å². The van der Waals surface area contributed by atoms with Gasteiger partial charge in [0, 0.05) is 6.61 Å². The second kappa shape index (κ2) is 8.82. The highest BCUT2D eigenvalue weighted by Gasteiger charge is 2.43. The van der Waals surface area contributed by atoms with Crippen molar-refractivity contribution in [3.05, 3.63) is 60.7 Å². The van der Waals surface area contributed by atoms with Crippen molar-refractivity contribution >= 4 is 24.9 Å². The number of rotatable bonds is 2. The van der Waals surface area contributed by atoms with Crippen molar-refractivity contribution in [2.24, 2.45) is 5.41 Å². The van der Waals surface area contributed by atoms with Gasteiger partial charge in [-0.2, -0.15) is 0 Å². The van der Waals surface area contributed by atoms with Crippen molar-refractivity contribution in [2.75, 3.05) is 19.8 Å². The number of carbonyl (C=O) groups excluding carboxylic acids is 1. The summed E-state index contributed by atoms with van der Waals surface area (Å²) in [7, 11) is -2.86. The minimum absolute atomic E-state index is 0.153. The lowest BCUT2D eigenvalue weighted by atomic mass is 9.87. The average molecular weight is 385 g/mol. The van der Waals surface area contributed by atoms with Gasteiger partial charge in [-0.1, -0.05) is 67.1 Å². The highest BCUT2D eigenvalue weighted by Crippen LogP contribution is 2.25. The zero-order valence-electron chi connectivity index (χ0n) is 16.1. The number of benzene rings is 2. The van der Waals surface area contributed by atoms with Gasteiger partial charge in [-0.25, -0.2) is 0 Å². The Morgan fingerprint density at radius 2 is 1.33 bits per heavy atom. The smallest absolute Gasteiger partial charge is 0.407 e. The molecule has 0 aliphatic carbocycles. The van der Waals surface area contributed by atoms with Crippen LogP contribution in [0.1, 0.15) is 33.1 Å². The summed E-state index contributed by atoms with van der Waals surface area (Å²) >= 11 is 0. The number of cyclic esters (lactones) is 1. The molecule has 1 aliphatic rings. The summed E-state index contributed by atoms with van der Waals surface area (Å²) in [6, 6.07) is 20.3. The second-order valence-electron chi connectivity index (χ2n) is 7.52. The zero-order chi connectivity index (χ0) is 19.2. The molecule has 144 valence electrons. The largest absolute Gasteiger partial charge is 0.463 e. The number of hydrogen-bond donors (Lipinski definition) is 0. The summed E-state index contributed by atoms with van der Waals surface area (Å²) in [6.45, 7) is 5.05. The highest BCUT2D eigenvalue weighted by molar-refractivity contribution is 6.92. The number of ether oxygens (including phenoxy) is 1. The first-order chi connectivity index (χ1) is 13.0. The molecule has 1 aliphatic heterocycles. The molecule has 2 aromatic carbocycles. The SMILES string of the molecule is CC1(C)CCCCO[Si](c2ccccc2)(c2ccccc2)OCCOC1=O. The van der Waals surface area contributed by atoms with E-state index in [2.05, 4.69) is 24.3 Å². The summed E-state index contributed by atoms with van der Waals surface area (Å²) in [5.41, 5.74) is -0.466. The van der Waals surface area contributed by atoms with E-state index in [-0.39, 0.29) is 12.6 Å². The van der Waals surface area contributed by atoms with Gasteiger partial charge in [0.2, 0.25) is 0 Å². The highest BCUT2D eigenvalue weighted by atomic mass is 28.4. The van der Waals surface area contributed by atoms with Gasteiger partial charge in [-0.15, -0.1) is 0 Å². The monoisotopic (exact) mass is 384 g/mol. The van der Waals surface area contributed by atoms with Crippen molar-refractivity contribution in [1.29, 1.82) is 0 Å². The third-order valence-electron chi connectivity index (χ3n) is 4.98. The molecule has 0 radical (unpaired) electrons. The van der Waals surface area contributed by atoms with Crippen LogP contribution in [0.15, 0.2) is 60.7 Å². The normalized spacial score (nSPS) is 20.7. The first kappa shape index (κ1) is 19.8. The Hall–Kier alpha value is -1.95. The van der Waals surface area contributed by atoms with Crippen LogP contribution in [0.5, 0.6) is 0 Å². The van der Waals surface area contributed by atoms with Crippen LogP contribution >= 0.6 is 0 Å². The van der Waals surface area contributed by atoms with Crippen LogP contribution in [-0.4, -0.2) is 34.4 Å². The Bertz CT molecular complexity index is 691. The summed E-state index contributed by atoms with van der Waals surface area (Å²) in [4.78, 5) is 12.4. The van der Waals surface area contributed by atoms with E-state index >= 15 is 0 Å². The fourth-order valence-electron chi connectivity index (χ4n) is 3.36. The molecule has 0 saturated carbocycles. The third kappa shape index (κ3) is 4.67. The fraction of sp³-hybridized carbons (Fsp3) is 0.409. The van der Waals surface area contributed by atoms with Crippen molar-refractivity contribution in [3.63, 3.8) is 0 Å². The minimum Gasteiger partial charge on any atom is -0.463 e. The van der Waals surface area contributed by atoms with E-state index in [4.69, 9.17) is 13.6 Å². The van der Waals surface area contributed by atoms with Crippen molar-refractivity contribution in [2.45, 2.75) is 33.1 Å². The van der Waals surface area contributed by atoms with Gasteiger partial charge in [0.15, 0.2) is 0 Å². The minimum atomic E-state index is -2.86. The Morgan fingerprint density at radius 3 is 1.93 bits per heavy atom. The molecule has 0 aromatic heterocycles. The van der Waals surface area contributed by atoms with Gasteiger partial charge < -0.3 is 13.6 Å². The Kier molecular flexibility index (Phi) is 6.47. The van der Waals surface area contributed by atoms with E-state index in [0.29, 0.717) is 13.2 Å². The summed E-state index contributed by atoms with van der Waals surface area (Å²) in [5.74, 6) is -0.153. The zero-order valence-corrected chi connectivity index (χ0v) is 17.1. The quantitative estimate of drug-likeness (QED) is 0.590. The maximum absolute atomic E-state index is 12.4. The van der Waals surface area contributed by atoms with E-state index in [1.165, 1.54) is 0 Å². The van der Waals surface area contributed by atoms with Gasteiger partial charge in [-0.3, -0.25) is 4.79 Å². The van der Waals surface area contributed by atoms with E-state index in [0.717, 1.165) is 29.6 Å². The third-order valence-corrected chi connectivity index (χ3v) is 8.39. The molecule has 3 rings (SSSR count). The molecular formula is C22H28O4Si. The molecule has 1 heterocycles. The molecule has 1 saturated heterocycles. The fourth-order valence-corrected chi connectivity index (χ4v) is 6.51. The molecule has 0 spiro atoms. The molecule has 0 bridgehead atoms. The molecule has 0 unspecified atom stereocenters. The molecule has 5 heteroatoms. The van der Waals surface area contributed by atoms with Crippen molar-refractivity contribution in [1.82, 2.24) is 0 Å². The second-order valence-corrected chi connectivity index (χ2v) is 10.5. The van der Waals surface area contributed by atoms with E-state index < -0.39 is 14.0 Å². The van der Waals surface area contributed by atoms with Crippen LogP contribution < -0.4 is 10.4 Å². The van der Waals surface area contributed by atoms with Crippen LogP contribution in [0, 0.1) is 5.41 Å². The molecule has 0 amide bonds. The van der Waals surface area contributed by atoms with Crippen LogP contribution in [0.2, 0.25) is 0 Å². The molecule has 27 heavy (non-hydrogen) atoms. The Balaban J connectivity index is 1.91. The van der Waals surface area contributed by atoms with Crippen LogP contribution in [0.3, 0.4) is 0 Å². The van der Waals surface area contributed by atoms with Crippen LogP contribution in [0.25, 0.3) is 0 Å². The number of esters is 1. The predicted molar refractivity (Wildman–Crippen MR) is 108 cm³/mol. The average Bonchev–Trinajstić information content (AvgIpc) is 2.69. The van der Waals surface area contributed by atoms with E-state index in [9.17, 15) is 4.79 Å². The standard InChI is InChI=1S/C22H28O4Si/c1-22(2)15-9-10-16-25-27(19-11-5-3-6-12-19,20-13-7-4-8-14-20)26-18-17-24-21(22)23/h3-8,11-14H,9-10,15-18H2,1-2H3. The lowest BCUT2D eigenvalue weighted by Gasteiger charge is -2.32. The first-order valence-electron chi connectivity index (χ1n) is 9.61. The maximum Gasteiger partial charge on any atom is 0.407 e. The molecule has 4 nitrogen and oxygen atoms in total. The van der Waals surface area contributed by atoms with E-state index in [1.54, 1.807) is 0 Å². The lowest BCUT2D eigenvalue weighted by Crippen LogP contribution is -2.63. The predicted octanol–water partition coefficient (Wildman–Crippen LogP) is 3.03. The van der Waals surface area contributed by atoms with Crippen LogP contribution in [0.4, 0.5) is 0 Å². The number of carbonyl (C=O) groups is 1. The summed E-state index contributed by atoms with van der Waals surface area (Å²) in [5, 5.41) is 2.14. The van der Waals surface area contributed by atoms with Crippen LogP contribution in [-0.2, 0) is 18.4 Å². The Labute approximate surface area is 162 Å². The van der Waals surface area contributed by atoms with Gasteiger partial charge in [0.1, 0.15) is 6.61 Å². The molecule has 1 fully saturated rings. The molecule has 0 atom stereocenters.